The number of aromatic nitrogens is 2. The third-order valence-corrected chi connectivity index (χ3v) is 2.02. The third kappa shape index (κ3) is 1.81. The van der Waals surface area contributed by atoms with Gasteiger partial charge in [-0.3, -0.25) is 4.98 Å². The van der Waals surface area contributed by atoms with Gasteiger partial charge in [-0.15, -0.1) is 0 Å². The molecule has 0 amide bonds. The molecule has 3 heteroatoms. The van der Waals surface area contributed by atoms with Gasteiger partial charge in [0.15, 0.2) is 0 Å². The van der Waals surface area contributed by atoms with Crippen molar-refractivity contribution in [1.29, 1.82) is 0 Å². The second kappa shape index (κ2) is 3.49. The van der Waals surface area contributed by atoms with Gasteiger partial charge in [0.1, 0.15) is 0 Å². The van der Waals surface area contributed by atoms with Crippen LogP contribution < -0.4 is 0 Å². The quantitative estimate of drug-likeness (QED) is 0.697. The van der Waals surface area contributed by atoms with Crippen molar-refractivity contribution in [3.63, 3.8) is 0 Å². The minimum Gasteiger partial charge on any atom is -0.361 e. The number of hydrogen-bond donors (Lipinski definition) is 1. The molecule has 0 aliphatic carbocycles. The Kier molecular flexibility index (Phi) is 2.19. The smallest absolute Gasteiger partial charge is 0.0468 e. The average Bonchev–Trinajstić information content (AvgIpc) is 2.19. The Morgan fingerprint density at radius 3 is 2.62 bits per heavy atom. The zero-order valence-electron chi connectivity index (χ0n) is 6.90. The Bertz CT molecular complexity index is 448. The number of hydrogen-bond acceptors (Lipinski definition) is 2. The maximum absolute atomic E-state index is 5.06. The van der Waals surface area contributed by atoms with Gasteiger partial charge in [0.25, 0.3) is 0 Å². The second-order valence-electron chi connectivity index (χ2n) is 2.67. The van der Waals surface area contributed by atoms with Gasteiger partial charge >= 0.3 is 0 Å². The summed E-state index contributed by atoms with van der Waals surface area (Å²) in [5.41, 5.74) is 2.12. The van der Waals surface area contributed by atoms with Crippen LogP contribution in [0.4, 0.5) is 0 Å². The van der Waals surface area contributed by atoms with Crippen molar-refractivity contribution in [1.82, 2.24) is 9.97 Å². The maximum atomic E-state index is 5.06. The van der Waals surface area contributed by atoms with E-state index in [1.54, 1.807) is 12.4 Å². The Balaban J connectivity index is 2.54. The van der Waals surface area contributed by atoms with Crippen LogP contribution in [-0.2, 0) is 0 Å². The van der Waals surface area contributed by atoms with Crippen molar-refractivity contribution in [2.24, 2.45) is 0 Å². The molecule has 0 saturated heterocycles. The van der Waals surface area contributed by atoms with Gasteiger partial charge in [-0.05, 0) is 24.3 Å². The van der Waals surface area contributed by atoms with Crippen LogP contribution in [0.25, 0.3) is 11.3 Å². The number of pyridine rings is 2. The Hall–Kier alpha value is -1.48. The molecular weight excluding hydrogens is 180 g/mol. The van der Waals surface area contributed by atoms with Crippen molar-refractivity contribution < 1.29 is 0 Å². The lowest BCUT2D eigenvalue weighted by molar-refractivity contribution is 1.28. The minimum absolute atomic E-state index is 0.838. The first-order valence-electron chi connectivity index (χ1n) is 3.95. The van der Waals surface area contributed by atoms with Crippen molar-refractivity contribution in [2.45, 2.75) is 0 Å². The van der Waals surface area contributed by atoms with Crippen LogP contribution in [0.3, 0.4) is 0 Å². The monoisotopic (exact) mass is 188 g/mol. The van der Waals surface area contributed by atoms with Crippen molar-refractivity contribution in [3.05, 3.63) is 47.4 Å². The van der Waals surface area contributed by atoms with E-state index in [0.717, 1.165) is 15.8 Å². The highest BCUT2D eigenvalue weighted by Gasteiger charge is 1.94. The van der Waals surface area contributed by atoms with Crippen LogP contribution in [0.15, 0.2) is 42.9 Å². The lowest BCUT2D eigenvalue weighted by Gasteiger charge is -1.99. The van der Waals surface area contributed by atoms with E-state index in [1.807, 2.05) is 30.5 Å². The normalized spacial score (nSPS) is 9.85. The molecule has 2 nitrogen and oxygen atoms in total. The highest BCUT2D eigenvalue weighted by atomic mass is 32.1. The molecule has 0 radical (unpaired) electrons. The first kappa shape index (κ1) is 8.13. The Labute approximate surface area is 81.3 Å². The van der Waals surface area contributed by atoms with Crippen LogP contribution in [0, 0.1) is 4.51 Å². The highest BCUT2D eigenvalue weighted by molar-refractivity contribution is 7.71. The third-order valence-electron chi connectivity index (χ3n) is 1.76. The van der Waals surface area contributed by atoms with E-state index >= 15 is 0 Å². The van der Waals surface area contributed by atoms with Crippen LogP contribution in [0.1, 0.15) is 0 Å². The van der Waals surface area contributed by atoms with Gasteiger partial charge in [0.05, 0.1) is 0 Å². The van der Waals surface area contributed by atoms with Gasteiger partial charge in [-0.25, -0.2) is 0 Å². The van der Waals surface area contributed by atoms with E-state index in [2.05, 4.69) is 9.97 Å². The molecule has 2 aromatic heterocycles. The van der Waals surface area contributed by atoms with E-state index in [-0.39, 0.29) is 0 Å². The lowest BCUT2D eigenvalue weighted by Crippen LogP contribution is -1.82. The number of H-pyrrole nitrogens is 1. The summed E-state index contributed by atoms with van der Waals surface area (Å²) < 4.78 is 0.838. The van der Waals surface area contributed by atoms with Gasteiger partial charge in [-0.1, -0.05) is 12.2 Å². The molecule has 0 atom stereocenters. The van der Waals surface area contributed by atoms with Crippen molar-refractivity contribution in [2.75, 3.05) is 0 Å². The molecule has 13 heavy (non-hydrogen) atoms. The molecule has 64 valence electrons. The number of nitrogens with one attached hydrogen (secondary N) is 1. The topological polar surface area (TPSA) is 28.7 Å². The summed E-state index contributed by atoms with van der Waals surface area (Å²) >= 11 is 5.06. The summed E-state index contributed by atoms with van der Waals surface area (Å²) in [5.74, 6) is 0. The predicted octanol–water partition coefficient (Wildman–Crippen LogP) is 2.81. The van der Waals surface area contributed by atoms with E-state index in [1.165, 1.54) is 0 Å². The molecule has 1 N–H and O–H groups in total. The summed E-state index contributed by atoms with van der Waals surface area (Å²) in [6.45, 7) is 0. The summed E-state index contributed by atoms with van der Waals surface area (Å²) in [4.78, 5) is 7.08. The molecule has 0 spiro atoms. The first-order chi connectivity index (χ1) is 6.36. The molecule has 0 saturated carbocycles. The fraction of sp³-hybridized carbons (Fsp3) is 0. The number of rotatable bonds is 1. The summed E-state index contributed by atoms with van der Waals surface area (Å²) in [6, 6.07) is 7.69. The number of nitrogens with zero attached hydrogens (tertiary/aromatic N) is 1. The Morgan fingerprint density at radius 1 is 1.15 bits per heavy atom. The van der Waals surface area contributed by atoms with Crippen molar-refractivity contribution in [3.8, 4) is 11.3 Å². The molecule has 0 aromatic carbocycles. The molecule has 2 rings (SSSR count). The standard InChI is InChI=1S/C10H8N2S/c13-9-3-6-12-10(7-9)8-1-4-11-5-2-8/h1-7H,(H,12,13). The second-order valence-corrected chi connectivity index (χ2v) is 3.15. The molecular formula is C10H8N2S. The zero-order chi connectivity index (χ0) is 9.10. The van der Waals surface area contributed by atoms with Gasteiger partial charge in [0.2, 0.25) is 0 Å². The van der Waals surface area contributed by atoms with Crippen molar-refractivity contribution >= 4 is 12.2 Å². The van der Waals surface area contributed by atoms with Crippen LogP contribution >= 0.6 is 12.2 Å². The zero-order valence-corrected chi connectivity index (χ0v) is 7.71. The van der Waals surface area contributed by atoms with E-state index < -0.39 is 0 Å². The minimum atomic E-state index is 0.838. The maximum Gasteiger partial charge on any atom is 0.0468 e. The molecule has 0 bridgehead atoms. The van der Waals surface area contributed by atoms with E-state index in [4.69, 9.17) is 12.2 Å². The fourth-order valence-corrected chi connectivity index (χ4v) is 1.33. The fourth-order valence-electron chi connectivity index (χ4n) is 1.14. The lowest BCUT2D eigenvalue weighted by atomic mass is 10.2. The predicted molar refractivity (Wildman–Crippen MR) is 54.9 cm³/mol. The van der Waals surface area contributed by atoms with Crippen LogP contribution in [0.5, 0.6) is 0 Å². The molecule has 0 fully saturated rings. The van der Waals surface area contributed by atoms with Gasteiger partial charge < -0.3 is 4.98 Å². The average molecular weight is 188 g/mol. The highest BCUT2D eigenvalue weighted by Crippen LogP contribution is 2.14. The molecule has 2 heterocycles. The van der Waals surface area contributed by atoms with Gasteiger partial charge in [-0.2, -0.15) is 0 Å². The molecule has 0 unspecified atom stereocenters. The summed E-state index contributed by atoms with van der Waals surface area (Å²) in [7, 11) is 0. The molecule has 0 aliphatic heterocycles. The van der Waals surface area contributed by atoms with Crippen LogP contribution in [0.2, 0.25) is 0 Å². The molecule has 0 aliphatic rings. The first-order valence-corrected chi connectivity index (χ1v) is 4.36. The SMILES string of the molecule is S=c1cc[nH]c(-c2ccncc2)c1. The summed E-state index contributed by atoms with van der Waals surface area (Å²) in [6.07, 6.45) is 5.37. The summed E-state index contributed by atoms with van der Waals surface area (Å²) in [5, 5.41) is 0. The number of aromatic amines is 1. The van der Waals surface area contributed by atoms with Gasteiger partial charge in [0, 0.05) is 34.4 Å². The Morgan fingerprint density at radius 2 is 1.92 bits per heavy atom. The van der Waals surface area contributed by atoms with E-state index in [9.17, 15) is 0 Å². The van der Waals surface area contributed by atoms with E-state index in [0.29, 0.717) is 0 Å². The molecule has 2 aromatic rings. The largest absolute Gasteiger partial charge is 0.361 e. The van der Waals surface area contributed by atoms with Crippen LogP contribution in [-0.4, -0.2) is 9.97 Å².